The van der Waals surface area contributed by atoms with Crippen LogP contribution in [-0.2, 0) is 6.54 Å². The fraction of sp³-hybridized carbons (Fsp3) is 0.615. The van der Waals surface area contributed by atoms with E-state index in [0.29, 0.717) is 18.3 Å². The first kappa shape index (κ1) is 12.2. The summed E-state index contributed by atoms with van der Waals surface area (Å²) in [6.45, 7) is 2.94. The van der Waals surface area contributed by atoms with Gasteiger partial charge in [-0.3, -0.25) is 0 Å². The summed E-state index contributed by atoms with van der Waals surface area (Å²) >= 11 is 0. The number of nitriles is 1. The van der Waals surface area contributed by atoms with Gasteiger partial charge < -0.3 is 14.8 Å². The molecule has 0 amide bonds. The highest BCUT2D eigenvalue weighted by molar-refractivity contribution is 5.19. The van der Waals surface area contributed by atoms with Gasteiger partial charge in [0.05, 0.1) is 6.54 Å². The van der Waals surface area contributed by atoms with Crippen LogP contribution in [0.3, 0.4) is 0 Å². The molecule has 4 heteroatoms. The maximum Gasteiger partial charge on any atom is 0.203 e. The van der Waals surface area contributed by atoms with Gasteiger partial charge >= 0.3 is 0 Å². The minimum Gasteiger partial charge on any atom is -0.449 e. The van der Waals surface area contributed by atoms with Crippen molar-refractivity contribution in [2.75, 3.05) is 6.61 Å². The molecule has 1 aromatic rings. The SMILES string of the molecule is CC1(CO)CCCC1NCc1ccc(C#N)o1. The molecule has 92 valence electrons. The van der Waals surface area contributed by atoms with Gasteiger partial charge in [0.2, 0.25) is 5.76 Å². The second-order valence-electron chi connectivity index (χ2n) is 5.02. The van der Waals surface area contributed by atoms with Crippen LogP contribution >= 0.6 is 0 Å². The summed E-state index contributed by atoms with van der Waals surface area (Å²) in [5, 5.41) is 21.5. The normalized spacial score (nSPS) is 28.2. The van der Waals surface area contributed by atoms with E-state index in [1.165, 1.54) is 0 Å². The molecule has 0 radical (unpaired) electrons. The van der Waals surface area contributed by atoms with Crippen molar-refractivity contribution in [3.8, 4) is 6.07 Å². The Hall–Kier alpha value is -1.31. The maximum absolute atomic E-state index is 9.43. The van der Waals surface area contributed by atoms with Crippen molar-refractivity contribution in [1.29, 1.82) is 5.26 Å². The summed E-state index contributed by atoms with van der Waals surface area (Å²) in [6, 6.07) is 5.78. The zero-order valence-corrected chi connectivity index (χ0v) is 10.1. The average molecular weight is 234 g/mol. The zero-order chi connectivity index (χ0) is 12.3. The third-order valence-corrected chi connectivity index (χ3v) is 3.74. The maximum atomic E-state index is 9.43. The number of hydrogen-bond acceptors (Lipinski definition) is 4. The molecule has 1 heterocycles. The molecule has 17 heavy (non-hydrogen) atoms. The molecule has 0 aliphatic heterocycles. The van der Waals surface area contributed by atoms with E-state index >= 15 is 0 Å². The summed E-state index contributed by atoms with van der Waals surface area (Å²) < 4.78 is 5.31. The monoisotopic (exact) mass is 234 g/mol. The highest BCUT2D eigenvalue weighted by Gasteiger charge is 2.37. The van der Waals surface area contributed by atoms with E-state index in [0.717, 1.165) is 25.0 Å². The summed E-state index contributed by atoms with van der Waals surface area (Å²) in [7, 11) is 0. The molecule has 1 aliphatic carbocycles. The molecule has 1 fully saturated rings. The van der Waals surface area contributed by atoms with Crippen LogP contribution in [0.5, 0.6) is 0 Å². The van der Waals surface area contributed by atoms with Gasteiger partial charge in [0, 0.05) is 18.1 Å². The number of furan rings is 1. The molecular formula is C13H18N2O2. The van der Waals surface area contributed by atoms with Crippen LogP contribution in [0.1, 0.15) is 37.7 Å². The molecule has 2 rings (SSSR count). The van der Waals surface area contributed by atoms with Crippen molar-refractivity contribution in [2.24, 2.45) is 5.41 Å². The van der Waals surface area contributed by atoms with Crippen LogP contribution in [0.2, 0.25) is 0 Å². The molecule has 0 bridgehead atoms. The quantitative estimate of drug-likeness (QED) is 0.833. The third-order valence-electron chi connectivity index (χ3n) is 3.74. The summed E-state index contributed by atoms with van der Waals surface area (Å²) in [6.07, 6.45) is 3.29. The number of hydrogen-bond donors (Lipinski definition) is 2. The molecule has 0 aromatic carbocycles. The standard InChI is InChI=1S/C13H18N2O2/c1-13(9-16)6-2-3-12(13)15-8-11-5-4-10(7-14)17-11/h4-5,12,15-16H,2-3,6,8-9H2,1H3. The topological polar surface area (TPSA) is 69.2 Å². The van der Waals surface area contributed by atoms with Crippen LogP contribution in [0.15, 0.2) is 16.5 Å². The molecule has 2 unspecified atom stereocenters. The number of aliphatic hydroxyl groups is 1. The molecule has 4 nitrogen and oxygen atoms in total. The fourth-order valence-corrected chi connectivity index (χ4v) is 2.53. The van der Waals surface area contributed by atoms with Crippen molar-refractivity contribution in [3.05, 3.63) is 23.7 Å². The van der Waals surface area contributed by atoms with Crippen molar-refractivity contribution in [3.63, 3.8) is 0 Å². The van der Waals surface area contributed by atoms with Crippen LogP contribution in [0.4, 0.5) is 0 Å². The lowest BCUT2D eigenvalue weighted by Gasteiger charge is -2.30. The molecule has 0 spiro atoms. The lowest BCUT2D eigenvalue weighted by molar-refractivity contribution is 0.117. The van der Waals surface area contributed by atoms with Crippen molar-refractivity contribution in [1.82, 2.24) is 5.32 Å². The van der Waals surface area contributed by atoms with Crippen molar-refractivity contribution < 1.29 is 9.52 Å². The molecule has 1 aliphatic rings. The molecule has 2 atom stereocenters. The lowest BCUT2D eigenvalue weighted by atomic mass is 9.86. The van der Waals surface area contributed by atoms with Crippen LogP contribution < -0.4 is 5.32 Å². The number of aliphatic hydroxyl groups excluding tert-OH is 1. The predicted octanol–water partition coefficient (Wildman–Crippen LogP) is 1.79. The minimum atomic E-state index is -0.0232. The van der Waals surface area contributed by atoms with Crippen LogP contribution in [-0.4, -0.2) is 17.8 Å². The largest absolute Gasteiger partial charge is 0.449 e. The molecule has 2 N–H and O–H groups in total. The Balaban J connectivity index is 1.92. The Kier molecular flexibility index (Phi) is 3.51. The summed E-state index contributed by atoms with van der Waals surface area (Å²) in [4.78, 5) is 0. The molecule has 0 saturated heterocycles. The van der Waals surface area contributed by atoms with E-state index in [-0.39, 0.29) is 12.0 Å². The van der Waals surface area contributed by atoms with Crippen molar-refractivity contribution in [2.45, 2.75) is 38.8 Å². The van der Waals surface area contributed by atoms with Gasteiger partial charge in [-0.1, -0.05) is 13.3 Å². The molecule has 1 saturated carbocycles. The first-order chi connectivity index (χ1) is 8.18. The number of nitrogens with zero attached hydrogens (tertiary/aromatic N) is 1. The second kappa shape index (κ2) is 4.91. The Morgan fingerprint density at radius 3 is 3.12 bits per heavy atom. The third kappa shape index (κ3) is 2.51. The second-order valence-corrected chi connectivity index (χ2v) is 5.02. The summed E-state index contributed by atoms with van der Waals surface area (Å²) in [5.74, 6) is 1.12. The minimum absolute atomic E-state index is 0.0232. The van der Waals surface area contributed by atoms with Gasteiger partial charge in [0.25, 0.3) is 0 Å². The van der Waals surface area contributed by atoms with E-state index < -0.39 is 0 Å². The molecule has 1 aromatic heterocycles. The van der Waals surface area contributed by atoms with Gasteiger partial charge in [-0.15, -0.1) is 0 Å². The lowest BCUT2D eigenvalue weighted by Crippen LogP contribution is -2.41. The summed E-state index contributed by atoms with van der Waals surface area (Å²) in [5.41, 5.74) is -0.0232. The van der Waals surface area contributed by atoms with Gasteiger partial charge in [-0.25, -0.2) is 0 Å². The zero-order valence-electron chi connectivity index (χ0n) is 10.1. The smallest absolute Gasteiger partial charge is 0.203 e. The van der Waals surface area contributed by atoms with Crippen LogP contribution in [0.25, 0.3) is 0 Å². The number of nitrogens with one attached hydrogen (secondary N) is 1. The van der Waals surface area contributed by atoms with Gasteiger partial charge in [0.1, 0.15) is 11.8 Å². The van der Waals surface area contributed by atoms with Crippen molar-refractivity contribution >= 4 is 0 Å². The van der Waals surface area contributed by atoms with E-state index in [1.54, 1.807) is 6.07 Å². The first-order valence-corrected chi connectivity index (χ1v) is 6.01. The van der Waals surface area contributed by atoms with E-state index in [9.17, 15) is 5.11 Å². The Morgan fingerprint density at radius 1 is 1.65 bits per heavy atom. The molecular weight excluding hydrogens is 216 g/mol. The predicted molar refractivity (Wildman–Crippen MR) is 63.1 cm³/mol. The van der Waals surface area contributed by atoms with Gasteiger partial charge in [-0.2, -0.15) is 5.26 Å². The van der Waals surface area contributed by atoms with Gasteiger partial charge in [-0.05, 0) is 25.0 Å². The fourth-order valence-electron chi connectivity index (χ4n) is 2.53. The van der Waals surface area contributed by atoms with E-state index in [2.05, 4.69) is 12.2 Å². The first-order valence-electron chi connectivity index (χ1n) is 6.01. The van der Waals surface area contributed by atoms with Crippen LogP contribution in [0, 0.1) is 16.7 Å². The number of rotatable bonds is 4. The highest BCUT2D eigenvalue weighted by Crippen LogP contribution is 2.37. The Morgan fingerprint density at radius 2 is 2.47 bits per heavy atom. The highest BCUT2D eigenvalue weighted by atomic mass is 16.3. The average Bonchev–Trinajstić information content (AvgIpc) is 2.94. The Labute approximate surface area is 101 Å². The van der Waals surface area contributed by atoms with E-state index in [1.807, 2.05) is 12.1 Å². The Bertz CT molecular complexity index is 421. The van der Waals surface area contributed by atoms with Gasteiger partial charge in [0.15, 0.2) is 0 Å². The van der Waals surface area contributed by atoms with E-state index in [4.69, 9.17) is 9.68 Å².